The molecular weight excluding hydrogens is 854 g/mol. The summed E-state index contributed by atoms with van der Waals surface area (Å²) in [5.41, 5.74) is -4.71. The predicted molar refractivity (Wildman–Crippen MR) is 138 cm³/mol. The minimum absolute atomic E-state index is 0.113. The lowest BCUT2D eigenvalue weighted by Crippen LogP contribution is -2.69. The number of benzene rings is 3. The van der Waals surface area contributed by atoms with Crippen LogP contribution in [0.15, 0.2) is 48.5 Å². The van der Waals surface area contributed by atoms with Gasteiger partial charge in [-0.05, 0) is 67.4 Å². The molecule has 0 spiro atoms. The minimum atomic E-state index is -8.18. The molecule has 0 bridgehead atoms. The maximum absolute atomic E-state index is 14.8. The third-order valence-electron chi connectivity index (χ3n) is 8.95. The van der Waals surface area contributed by atoms with Crippen LogP contribution in [0.5, 0.6) is 0 Å². The van der Waals surface area contributed by atoms with Crippen LogP contribution < -0.4 is 0 Å². The van der Waals surface area contributed by atoms with Gasteiger partial charge < -0.3 is 0 Å². The van der Waals surface area contributed by atoms with Crippen molar-refractivity contribution in [3.8, 4) is 0 Å². The molecule has 26 heteroatoms. The molecule has 0 aliphatic heterocycles. The van der Waals surface area contributed by atoms with Crippen LogP contribution in [-0.2, 0) is 11.8 Å². The van der Waals surface area contributed by atoms with Crippen molar-refractivity contribution in [1.82, 2.24) is 0 Å². The van der Waals surface area contributed by atoms with Gasteiger partial charge in [0.1, 0.15) is 0 Å². The van der Waals surface area contributed by atoms with Gasteiger partial charge in [0.2, 0.25) is 0 Å². The zero-order chi connectivity index (χ0) is 43.4. The van der Waals surface area contributed by atoms with Crippen LogP contribution >= 0.6 is 0 Å². The van der Waals surface area contributed by atoms with Gasteiger partial charge in [-0.2, -0.15) is 114 Å². The summed E-state index contributed by atoms with van der Waals surface area (Å²) >= 11 is 0. The lowest BCUT2D eigenvalue weighted by molar-refractivity contribution is -0.441. The highest BCUT2D eigenvalue weighted by Gasteiger charge is 2.92. The molecule has 0 aliphatic rings. The molecule has 0 aliphatic carbocycles. The molecule has 0 N–H and O–H groups in total. The number of hydrogen-bond acceptors (Lipinski definition) is 0. The van der Waals surface area contributed by atoms with Gasteiger partial charge in [0.25, 0.3) is 0 Å². The lowest BCUT2D eigenvalue weighted by atomic mass is 9.83. The molecule has 5 aromatic carbocycles. The Balaban J connectivity index is 1.56. The number of alkyl halides is 26. The van der Waals surface area contributed by atoms with Crippen molar-refractivity contribution in [3.05, 3.63) is 59.7 Å². The average molecular weight is 862 g/mol. The Hall–Kier alpha value is -4.16. The van der Waals surface area contributed by atoms with E-state index in [0.29, 0.717) is 12.1 Å². The molecule has 0 radical (unpaired) electrons. The maximum Gasteiger partial charge on any atom is 0.460 e. The molecule has 0 heterocycles. The first-order chi connectivity index (χ1) is 24.6. The van der Waals surface area contributed by atoms with Gasteiger partial charge in [-0.1, -0.05) is 24.3 Å². The molecule has 310 valence electrons. The standard InChI is InChI=1S/C30H8F26/c31-19(32,21(35,36)23(39,40)25(43,44)27(47,48)29(51,52)53)9-1-3-11-13(5-9)17-8-16-12-4-2-10(6-14(12)18(16)7-15(11)17)20(33,34)22(37,38)24(41,42)26(45,46)28(49,50)30(54,55)56/h1-8H. The molecule has 0 unspecified atom stereocenters. The van der Waals surface area contributed by atoms with Gasteiger partial charge in [0.05, 0.1) is 0 Å². The SMILES string of the molecule is FC(F)(F)C(F)(F)C(F)(F)C(F)(F)C(F)(F)C(F)(F)c1ccc2c(c1)c1cc3c4ccc(C(F)(F)C(F)(F)C(F)(F)C(F)(F)C(F)(F)C(F)(F)F)cc4c3cc21. The molecule has 0 atom stereocenters. The third kappa shape index (κ3) is 4.90. The van der Waals surface area contributed by atoms with E-state index in [1.807, 2.05) is 0 Å². The highest BCUT2D eigenvalue weighted by molar-refractivity contribution is 6.34. The summed E-state index contributed by atoms with van der Waals surface area (Å²) in [4.78, 5) is 0. The van der Waals surface area contributed by atoms with Gasteiger partial charge in [-0.15, -0.1) is 0 Å². The molecular formula is C30H8F26. The molecule has 0 aromatic heterocycles. The predicted octanol–water partition coefficient (Wildman–Crippen LogP) is 13.6. The summed E-state index contributed by atoms with van der Waals surface area (Å²) < 4.78 is 355. The van der Waals surface area contributed by atoms with E-state index in [1.54, 1.807) is 0 Å². The zero-order valence-electron chi connectivity index (χ0n) is 25.4. The van der Waals surface area contributed by atoms with Gasteiger partial charge in [-0.3, -0.25) is 0 Å². The molecule has 5 aromatic rings. The molecule has 56 heavy (non-hydrogen) atoms. The van der Waals surface area contributed by atoms with Crippen LogP contribution in [0.3, 0.4) is 0 Å². The van der Waals surface area contributed by atoms with Crippen molar-refractivity contribution in [3.63, 3.8) is 0 Å². The number of halogens is 26. The second kappa shape index (κ2) is 11.3. The van der Waals surface area contributed by atoms with Crippen molar-refractivity contribution in [2.45, 2.75) is 71.6 Å². The van der Waals surface area contributed by atoms with Crippen LogP contribution in [0, 0.1) is 0 Å². The van der Waals surface area contributed by atoms with Crippen molar-refractivity contribution in [2.75, 3.05) is 0 Å². The van der Waals surface area contributed by atoms with Crippen molar-refractivity contribution in [1.29, 1.82) is 0 Å². The number of rotatable bonds is 10. The highest BCUT2D eigenvalue weighted by atomic mass is 19.4. The Labute approximate surface area is 289 Å². The zero-order valence-corrected chi connectivity index (χ0v) is 25.4. The summed E-state index contributed by atoms with van der Waals surface area (Å²) in [5.74, 6) is -77.2. The lowest BCUT2D eigenvalue weighted by Gasteiger charge is -2.40. The van der Waals surface area contributed by atoms with Crippen LogP contribution in [0.25, 0.3) is 43.1 Å². The second-order valence-corrected chi connectivity index (χ2v) is 12.2. The number of hydrogen-bond donors (Lipinski definition) is 0. The van der Waals surface area contributed by atoms with E-state index in [2.05, 4.69) is 0 Å². The van der Waals surface area contributed by atoms with E-state index in [9.17, 15) is 114 Å². The summed E-state index contributed by atoms with van der Waals surface area (Å²) in [5, 5.41) is -3.37. The monoisotopic (exact) mass is 862 g/mol. The van der Waals surface area contributed by atoms with Gasteiger partial charge in [-0.25, -0.2) is 0 Å². The van der Waals surface area contributed by atoms with Gasteiger partial charge >= 0.3 is 71.6 Å². The number of fused-ring (bicyclic) bond motifs is 8. The van der Waals surface area contributed by atoms with E-state index in [1.165, 1.54) is 0 Å². The van der Waals surface area contributed by atoms with E-state index in [-0.39, 0.29) is 56.6 Å². The van der Waals surface area contributed by atoms with E-state index < -0.39 is 93.5 Å². The Morgan fingerprint density at radius 2 is 0.429 bits per heavy atom. The summed E-state index contributed by atoms with van der Waals surface area (Å²) in [6, 6.07) is 1.71. The minimum Gasteiger partial charge on any atom is -0.194 e. The topological polar surface area (TPSA) is 0 Å². The molecule has 0 nitrogen and oxygen atoms in total. The Morgan fingerprint density at radius 3 is 0.679 bits per heavy atom. The van der Waals surface area contributed by atoms with Crippen molar-refractivity contribution >= 4 is 43.1 Å². The molecule has 0 fully saturated rings. The Morgan fingerprint density at radius 1 is 0.214 bits per heavy atom. The van der Waals surface area contributed by atoms with E-state index in [0.717, 1.165) is 12.1 Å². The van der Waals surface area contributed by atoms with Crippen LogP contribution in [0.4, 0.5) is 114 Å². The fourth-order valence-electron chi connectivity index (χ4n) is 5.66. The quantitative estimate of drug-likeness (QED) is 0.123. The molecule has 0 amide bonds. The van der Waals surface area contributed by atoms with E-state index >= 15 is 0 Å². The van der Waals surface area contributed by atoms with Crippen molar-refractivity contribution in [2.24, 2.45) is 0 Å². The van der Waals surface area contributed by atoms with Gasteiger partial charge in [0, 0.05) is 11.1 Å². The first-order valence-electron chi connectivity index (χ1n) is 14.0. The fourth-order valence-corrected chi connectivity index (χ4v) is 5.66. The Bertz CT molecular complexity index is 2140. The molecule has 0 saturated heterocycles. The normalized spacial score (nSPS) is 16.0. The average Bonchev–Trinajstić information content (AvgIpc) is 3.03. The van der Waals surface area contributed by atoms with Crippen LogP contribution in [0.1, 0.15) is 11.1 Å². The first kappa shape index (κ1) is 43.0. The second-order valence-electron chi connectivity index (χ2n) is 12.2. The smallest absolute Gasteiger partial charge is 0.194 e. The van der Waals surface area contributed by atoms with Crippen LogP contribution in [0.2, 0.25) is 0 Å². The van der Waals surface area contributed by atoms with E-state index in [4.69, 9.17) is 0 Å². The summed E-state index contributed by atoms with van der Waals surface area (Å²) in [6.45, 7) is 0. The summed E-state index contributed by atoms with van der Waals surface area (Å²) in [7, 11) is 0. The van der Waals surface area contributed by atoms with Gasteiger partial charge in [0.15, 0.2) is 0 Å². The third-order valence-corrected chi connectivity index (χ3v) is 8.95. The Kier molecular flexibility index (Phi) is 8.65. The largest absolute Gasteiger partial charge is 0.460 e. The van der Waals surface area contributed by atoms with Crippen molar-refractivity contribution < 1.29 is 114 Å². The maximum atomic E-state index is 14.8. The van der Waals surface area contributed by atoms with Crippen LogP contribution in [-0.4, -0.2) is 59.7 Å². The summed E-state index contributed by atoms with van der Waals surface area (Å²) in [6.07, 6.45) is -15.3. The molecule has 0 saturated carbocycles. The fraction of sp³-hybridized carbons (Fsp3) is 0.400. The highest BCUT2D eigenvalue weighted by Crippen LogP contribution is 2.64. The molecule has 5 rings (SSSR count). The first-order valence-corrected chi connectivity index (χ1v) is 14.0.